The molecule has 0 saturated carbocycles. The molecule has 0 atom stereocenters. The van der Waals surface area contributed by atoms with Gasteiger partial charge in [-0.1, -0.05) is 12.7 Å². The predicted octanol–water partition coefficient (Wildman–Crippen LogP) is 1.97. The van der Waals surface area contributed by atoms with Gasteiger partial charge in [0.2, 0.25) is 5.91 Å². The molecule has 7 heteroatoms. The van der Waals surface area contributed by atoms with Crippen molar-refractivity contribution in [2.75, 3.05) is 17.8 Å². The van der Waals surface area contributed by atoms with Crippen molar-refractivity contribution in [1.29, 1.82) is 0 Å². The Morgan fingerprint density at radius 2 is 2.35 bits per heavy atom. The number of aryl methyl sites for hydroxylation is 1. The Labute approximate surface area is 107 Å². The summed E-state index contributed by atoms with van der Waals surface area (Å²) in [5.41, 5.74) is 0.196. The summed E-state index contributed by atoms with van der Waals surface area (Å²) in [6.45, 7) is 5.28. The quantitative estimate of drug-likeness (QED) is 0.506. The average molecular weight is 275 g/mol. The number of hydrogen-bond acceptors (Lipinski definition) is 5. The first-order chi connectivity index (χ1) is 8.08. The van der Waals surface area contributed by atoms with Gasteiger partial charge in [-0.25, -0.2) is 9.78 Å². The van der Waals surface area contributed by atoms with Gasteiger partial charge in [0.05, 0.1) is 0 Å². The van der Waals surface area contributed by atoms with Gasteiger partial charge >= 0.3 is 5.97 Å². The first kappa shape index (κ1) is 13.7. The molecule has 0 saturated heterocycles. The molecule has 0 aromatic carbocycles. The lowest BCUT2D eigenvalue weighted by Gasteiger charge is -1.98. The third-order valence-electron chi connectivity index (χ3n) is 1.69. The second-order valence-corrected chi connectivity index (χ2v) is 4.46. The SMILES string of the molecule is C=CCOC(=O)c1nc(NC(=O)CCl)sc1C. The Kier molecular flexibility index (Phi) is 5.11. The number of nitrogens with one attached hydrogen (secondary N) is 1. The molecule has 0 spiro atoms. The molecule has 92 valence electrons. The minimum atomic E-state index is -0.537. The van der Waals surface area contributed by atoms with Crippen molar-refractivity contribution >= 4 is 39.9 Å². The van der Waals surface area contributed by atoms with Crippen LogP contribution in [-0.4, -0.2) is 29.3 Å². The van der Waals surface area contributed by atoms with Gasteiger partial charge in [0.1, 0.15) is 12.5 Å². The fourth-order valence-electron chi connectivity index (χ4n) is 0.995. The van der Waals surface area contributed by atoms with Crippen molar-refractivity contribution < 1.29 is 14.3 Å². The number of hydrogen-bond donors (Lipinski definition) is 1. The van der Waals surface area contributed by atoms with Gasteiger partial charge in [0, 0.05) is 4.88 Å². The van der Waals surface area contributed by atoms with Crippen molar-refractivity contribution in [2.45, 2.75) is 6.92 Å². The van der Waals surface area contributed by atoms with E-state index in [0.29, 0.717) is 10.0 Å². The summed E-state index contributed by atoms with van der Waals surface area (Å²) in [7, 11) is 0. The smallest absolute Gasteiger partial charge is 0.358 e. The summed E-state index contributed by atoms with van der Waals surface area (Å²) < 4.78 is 4.85. The number of halogens is 1. The Balaban J connectivity index is 2.77. The van der Waals surface area contributed by atoms with Crippen molar-refractivity contribution in [1.82, 2.24) is 4.98 Å². The van der Waals surface area contributed by atoms with Crippen LogP contribution in [0.4, 0.5) is 5.13 Å². The van der Waals surface area contributed by atoms with E-state index < -0.39 is 5.97 Å². The van der Waals surface area contributed by atoms with E-state index in [2.05, 4.69) is 16.9 Å². The standard InChI is InChI=1S/C10H11ClN2O3S/c1-3-4-16-9(15)8-6(2)17-10(13-8)12-7(14)5-11/h3H,1,4-5H2,2H3,(H,12,13,14). The lowest BCUT2D eigenvalue weighted by Crippen LogP contribution is -2.13. The van der Waals surface area contributed by atoms with Gasteiger partial charge in [-0.05, 0) is 6.92 Å². The number of esters is 1. The molecule has 0 aliphatic carbocycles. The highest BCUT2D eigenvalue weighted by Crippen LogP contribution is 2.22. The number of alkyl halides is 1. The number of carbonyl (C=O) groups excluding carboxylic acids is 2. The Morgan fingerprint density at radius 1 is 1.65 bits per heavy atom. The van der Waals surface area contributed by atoms with Crippen molar-refractivity contribution in [3.63, 3.8) is 0 Å². The predicted molar refractivity (Wildman–Crippen MR) is 66.7 cm³/mol. The summed E-state index contributed by atoms with van der Waals surface area (Å²) >= 11 is 6.53. The first-order valence-electron chi connectivity index (χ1n) is 4.69. The van der Waals surface area contributed by atoms with Crippen LogP contribution in [0.2, 0.25) is 0 Å². The molecule has 1 aromatic heterocycles. The summed E-state index contributed by atoms with van der Waals surface area (Å²) in [6, 6.07) is 0. The number of aromatic nitrogens is 1. The van der Waals surface area contributed by atoms with E-state index in [9.17, 15) is 9.59 Å². The van der Waals surface area contributed by atoms with Crippen LogP contribution in [0.5, 0.6) is 0 Å². The number of thiazole rings is 1. The second kappa shape index (κ2) is 6.36. The van der Waals surface area contributed by atoms with E-state index in [1.807, 2.05) is 0 Å². The van der Waals surface area contributed by atoms with E-state index in [1.165, 1.54) is 17.4 Å². The zero-order valence-electron chi connectivity index (χ0n) is 9.16. The first-order valence-corrected chi connectivity index (χ1v) is 6.04. The van der Waals surface area contributed by atoms with Crippen LogP contribution in [-0.2, 0) is 9.53 Å². The fraction of sp³-hybridized carbons (Fsp3) is 0.300. The molecule has 0 aliphatic rings. The third-order valence-corrected chi connectivity index (χ3v) is 2.82. The van der Waals surface area contributed by atoms with Gasteiger partial charge in [-0.15, -0.1) is 22.9 Å². The zero-order valence-corrected chi connectivity index (χ0v) is 10.7. The highest BCUT2D eigenvalue weighted by molar-refractivity contribution is 7.16. The van der Waals surface area contributed by atoms with Gasteiger partial charge < -0.3 is 10.1 Å². The number of nitrogens with zero attached hydrogens (tertiary/aromatic N) is 1. The van der Waals surface area contributed by atoms with Crippen molar-refractivity contribution in [2.24, 2.45) is 0 Å². The van der Waals surface area contributed by atoms with Crippen LogP contribution in [0.15, 0.2) is 12.7 Å². The minimum Gasteiger partial charge on any atom is -0.457 e. The van der Waals surface area contributed by atoms with Gasteiger partial charge in [-0.3, -0.25) is 4.79 Å². The number of anilines is 1. The topological polar surface area (TPSA) is 68.3 Å². The summed E-state index contributed by atoms with van der Waals surface area (Å²) in [5.74, 6) is -1.06. The van der Waals surface area contributed by atoms with E-state index in [0.717, 1.165) is 0 Å². The monoisotopic (exact) mass is 274 g/mol. The maximum Gasteiger partial charge on any atom is 0.358 e. The molecule has 1 amide bonds. The van der Waals surface area contributed by atoms with Crippen molar-refractivity contribution in [3.05, 3.63) is 23.2 Å². The number of amides is 1. The van der Waals surface area contributed by atoms with E-state index in [1.54, 1.807) is 6.92 Å². The van der Waals surface area contributed by atoms with Crippen LogP contribution in [0, 0.1) is 6.92 Å². The van der Waals surface area contributed by atoms with E-state index >= 15 is 0 Å². The molecule has 1 heterocycles. The van der Waals surface area contributed by atoms with E-state index in [4.69, 9.17) is 16.3 Å². The summed E-state index contributed by atoms with van der Waals surface area (Å²) in [4.78, 5) is 27.2. The molecule has 0 bridgehead atoms. The molecule has 1 rings (SSSR count). The van der Waals surface area contributed by atoms with Gasteiger partial charge in [0.25, 0.3) is 0 Å². The maximum absolute atomic E-state index is 11.5. The molecule has 1 aromatic rings. The average Bonchev–Trinajstić information content (AvgIpc) is 2.67. The van der Waals surface area contributed by atoms with Gasteiger partial charge in [-0.2, -0.15) is 0 Å². The Morgan fingerprint density at radius 3 is 2.94 bits per heavy atom. The third kappa shape index (κ3) is 3.83. The molecule has 0 fully saturated rings. The normalized spacial score (nSPS) is 9.76. The molecule has 17 heavy (non-hydrogen) atoms. The molecule has 0 aliphatic heterocycles. The Bertz CT molecular complexity index is 445. The van der Waals surface area contributed by atoms with Crippen molar-refractivity contribution in [3.8, 4) is 0 Å². The lowest BCUT2D eigenvalue weighted by atomic mass is 10.4. The number of ether oxygens (including phenoxy) is 1. The molecule has 5 nitrogen and oxygen atoms in total. The minimum absolute atomic E-state index is 0.124. The van der Waals surface area contributed by atoms with Crippen LogP contribution in [0.1, 0.15) is 15.4 Å². The number of carbonyl (C=O) groups is 2. The summed E-state index contributed by atoms with van der Waals surface area (Å²) in [6.07, 6.45) is 1.47. The largest absolute Gasteiger partial charge is 0.457 e. The lowest BCUT2D eigenvalue weighted by molar-refractivity contribution is -0.113. The zero-order chi connectivity index (χ0) is 12.8. The molecule has 0 unspecified atom stereocenters. The maximum atomic E-state index is 11.5. The molecule has 1 N–H and O–H groups in total. The summed E-state index contributed by atoms with van der Waals surface area (Å²) in [5, 5.41) is 2.80. The van der Waals surface area contributed by atoms with Crippen LogP contribution < -0.4 is 5.32 Å². The highest BCUT2D eigenvalue weighted by atomic mass is 35.5. The molecular weight excluding hydrogens is 264 g/mol. The molecular formula is C10H11ClN2O3S. The molecule has 0 radical (unpaired) electrons. The van der Waals surface area contributed by atoms with E-state index in [-0.39, 0.29) is 24.1 Å². The second-order valence-electron chi connectivity index (χ2n) is 2.99. The Hall–Kier alpha value is -1.40. The number of rotatable bonds is 5. The fourth-order valence-corrected chi connectivity index (χ4v) is 1.88. The van der Waals surface area contributed by atoms with Crippen LogP contribution in [0.25, 0.3) is 0 Å². The highest BCUT2D eigenvalue weighted by Gasteiger charge is 2.17. The van der Waals surface area contributed by atoms with Gasteiger partial charge in [0.15, 0.2) is 10.8 Å². The van der Waals surface area contributed by atoms with Crippen LogP contribution in [0.3, 0.4) is 0 Å². The van der Waals surface area contributed by atoms with Crippen LogP contribution >= 0.6 is 22.9 Å².